The van der Waals surface area contributed by atoms with Crippen LogP contribution in [0.2, 0.25) is 0 Å². The summed E-state index contributed by atoms with van der Waals surface area (Å²) < 4.78 is 32.9. The Morgan fingerprint density at radius 3 is 2.60 bits per heavy atom. The molecule has 0 aliphatic heterocycles. The molecule has 0 atom stereocenters. The fourth-order valence-electron chi connectivity index (χ4n) is 3.10. The molecule has 9 nitrogen and oxygen atoms in total. The number of ether oxygens (including phenoxy) is 1. The molecule has 0 unspecified atom stereocenters. The number of nitrogens with zero attached hydrogens (tertiary/aromatic N) is 4. The Morgan fingerprint density at radius 2 is 2.00 bits per heavy atom. The number of sulfonamides is 1. The number of pyridine rings is 1. The van der Waals surface area contributed by atoms with Crippen molar-refractivity contribution in [2.45, 2.75) is 31.2 Å². The Balaban J connectivity index is 1.77. The second-order valence-electron chi connectivity index (χ2n) is 6.85. The fraction of sp³-hybridized carbons (Fsp3) is 0.350. The zero-order chi connectivity index (χ0) is 21.9. The summed E-state index contributed by atoms with van der Waals surface area (Å²) in [6.07, 6.45) is 2.19. The Hall–Kier alpha value is -2.98. The first-order valence-electron chi connectivity index (χ1n) is 9.48. The van der Waals surface area contributed by atoms with E-state index in [0.717, 1.165) is 11.3 Å². The SMILES string of the molecule is CCn1c(CCC(=O)Nc2ccc(OC)nc2)nc2cc(S(=O)(=O)N(C)C)ccc21. The molecule has 0 radical (unpaired) electrons. The molecule has 0 spiro atoms. The number of methoxy groups -OCH3 is 1. The molecule has 0 aliphatic carbocycles. The third kappa shape index (κ3) is 4.44. The van der Waals surface area contributed by atoms with Gasteiger partial charge in [-0.25, -0.2) is 22.7 Å². The van der Waals surface area contributed by atoms with Crippen LogP contribution in [0.25, 0.3) is 11.0 Å². The van der Waals surface area contributed by atoms with E-state index in [0.29, 0.717) is 30.0 Å². The van der Waals surface area contributed by atoms with Gasteiger partial charge in [-0.05, 0) is 31.2 Å². The monoisotopic (exact) mass is 431 g/mol. The highest BCUT2D eigenvalue weighted by Gasteiger charge is 2.19. The van der Waals surface area contributed by atoms with Gasteiger partial charge in [0.15, 0.2) is 0 Å². The van der Waals surface area contributed by atoms with Crippen molar-refractivity contribution in [3.8, 4) is 5.88 Å². The lowest BCUT2D eigenvalue weighted by Gasteiger charge is -2.11. The maximum absolute atomic E-state index is 12.4. The zero-order valence-corrected chi connectivity index (χ0v) is 18.2. The molecule has 0 aliphatic rings. The van der Waals surface area contributed by atoms with E-state index in [4.69, 9.17) is 4.74 Å². The van der Waals surface area contributed by atoms with Crippen LogP contribution in [-0.4, -0.2) is 54.4 Å². The zero-order valence-electron chi connectivity index (χ0n) is 17.4. The predicted molar refractivity (Wildman–Crippen MR) is 114 cm³/mol. The van der Waals surface area contributed by atoms with Gasteiger partial charge in [-0.15, -0.1) is 0 Å². The molecule has 1 aromatic carbocycles. The van der Waals surface area contributed by atoms with Gasteiger partial charge in [-0.2, -0.15) is 0 Å². The van der Waals surface area contributed by atoms with Crippen LogP contribution in [0.4, 0.5) is 5.69 Å². The number of hydrogen-bond acceptors (Lipinski definition) is 6. The van der Waals surface area contributed by atoms with Crippen molar-refractivity contribution in [1.29, 1.82) is 0 Å². The first-order valence-corrected chi connectivity index (χ1v) is 10.9. The summed E-state index contributed by atoms with van der Waals surface area (Å²) in [5, 5.41) is 2.80. The van der Waals surface area contributed by atoms with Gasteiger partial charge in [0, 0.05) is 39.5 Å². The van der Waals surface area contributed by atoms with Gasteiger partial charge in [0.25, 0.3) is 0 Å². The Labute approximate surface area is 175 Å². The number of benzene rings is 1. The maximum atomic E-state index is 12.4. The largest absolute Gasteiger partial charge is 0.481 e. The van der Waals surface area contributed by atoms with Crippen LogP contribution in [0.15, 0.2) is 41.4 Å². The Kier molecular flexibility index (Phi) is 6.37. The van der Waals surface area contributed by atoms with Gasteiger partial charge >= 0.3 is 0 Å². The van der Waals surface area contributed by atoms with Crippen molar-refractivity contribution in [2.75, 3.05) is 26.5 Å². The number of fused-ring (bicyclic) bond motifs is 1. The van der Waals surface area contributed by atoms with Crippen LogP contribution in [0.1, 0.15) is 19.2 Å². The molecular formula is C20H25N5O4S. The quantitative estimate of drug-likeness (QED) is 0.586. The number of anilines is 1. The number of hydrogen-bond donors (Lipinski definition) is 1. The van der Waals surface area contributed by atoms with Crippen molar-refractivity contribution in [2.24, 2.45) is 0 Å². The lowest BCUT2D eigenvalue weighted by Crippen LogP contribution is -2.22. The van der Waals surface area contributed by atoms with Gasteiger partial charge in [-0.1, -0.05) is 0 Å². The summed E-state index contributed by atoms with van der Waals surface area (Å²) >= 11 is 0. The van der Waals surface area contributed by atoms with Crippen molar-refractivity contribution in [3.63, 3.8) is 0 Å². The first kappa shape index (κ1) is 21.7. The molecule has 160 valence electrons. The van der Waals surface area contributed by atoms with Gasteiger partial charge in [0.2, 0.25) is 21.8 Å². The molecule has 0 bridgehead atoms. The third-order valence-electron chi connectivity index (χ3n) is 4.70. The van der Waals surface area contributed by atoms with E-state index in [1.54, 1.807) is 30.3 Å². The van der Waals surface area contributed by atoms with Crippen LogP contribution in [-0.2, 0) is 27.8 Å². The van der Waals surface area contributed by atoms with Crippen LogP contribution >= 0.6 is 0 Å². The van der Waals surface area contributed by atoms with Gasteiger partial charge in [-0.3, -0.25) is 4.79 Å². The minimum absolute atomic E-state index is 0.160. The number of rotatable bonds is 8. The number of nitrogens with one attached hydrogen (secondary N) is 1. The van der Waals surface area contributed by atoms with Crippen molar-refractivity contribution >= 4 is 32.7 Å². The van der Waals surface area contributed by atoms with E-state index >= 15 is 0 Å². The minimum atomic E-state index is -3.54. The number of imidazole rings is 1. The van der Waals surface area contributed by atoms with E-state index in [1.165, 1.54) is 31.7 Å². The van der Waals surface area contributed by atoms with Crippen LogP contribution in [0.3, 0.4) is 0 Å². The number of carbonyl (C=O) groups excluding carboxylic acids is 1. The molecule has 1 amide bonds. The Bertz CT molecular complexity index is 1150. The molecule has 2 aromatic heterocycles. The molecule has 1 N–H and O–H groups in total. The summed E-state index contributed by atoms with van der Waals surface area (Å²) in [4.78, 5) is 21.2. The average molecular weight is 432 g/mol. The minimum Gasteiger partial charge on any atom is -0.481 e. The second-order valence-corrected chi connectivity index (χ2v) is 9.00. The summed E-state index contributed by atoms with van der Waals surface area (Å²) in [7, 11) is 0.973. The molecule has 3 rings (SSSR count). The van der Waals surface area contributed by atoms with Gasteiger partial charge in [0.05, 0.1) is 34.9 Å². The lowest BCUT2D eigenvalue weighted by atomic mass is 10.2. The highest BCUT2D eigenvalue weighted by atomic mass is 32.2. The summed E-state index contributed by atoms with van der Waals surface area (Å²) in [5.74, 6) is 1.04. The molecule has 0 saturated carbocycles. The lowest BCUT2D eigenvalue weighted by molar-refractivity contribution is -0.116. The van der Waals surface area contributed by atoms with Crippen LogP contribution < -0.4 is 10.1 Å². The summed E-state index contributed by atoms with van der Waals surface area (Å²) in [5.41, 5.74) is 2.02. The van der Waals surface area contributed by atoms with Crippen LogP contribution in [0, 0.1) is 0 Å². The standard InChI is InChI=1S/C20H25N5O4S/c1-5-25-17-8-7-15(30(27,28)24(2)3)12-16(17)23-18(25)9-10-19(26)22-14-6-11-20(29-4)21-13-14/h6-8,11-13H,5,9-10H2,1-4H3,(H,22,26). The highest BCUT2D eigenvalue weighted by Crippen LogP contribution is 2.23. The van der Waals surface area contributed by atoms with Crippen LogP contribution in [0.5, 0.6) is 5.88 Å². The fourth-order valence-corrected chi connectivity index (χ4v) is 4.02. The average Bonchev–Trinajstić information content (AvgIpc) is 3.09. The maximum Gasteiger partial charge on any atom is 0.242 e. The second kappa shape index (κ2) is 8.80. The summed E-state index contributed by atoms with van der Waals surface area (Å²) in [6.45, 7) is 2.65. The van der Waals surface area contributed by atoms with Gasteiger partial charge < -0.3 is 14.6 Å². The first-order chi connectivity index (χ1) is 14.3. The van der Waals surface area contributed by atoms with E-state index in [2.05, 4.69) is 15.3 Å². The predicted octanol–water partition coefficient (Wildman–Crippen LogP) is 2.28. The van der Waals surface area contributed by atoms with Crippen molar-refractivity contribution < 1.29 is 17.9 Å². The molecule has 0 fully saturated rings. The smallest absolute Gasteiger partial charge is 0.242 e. The number of carbonyl (C=O) groups is 1. The molecule has 10 heteroatoms. The molecule has 3 aromatic rings. The van der Waals surface area contributed by atoms with Gasteiger partial charge in [0.1, 0.15) is 5.82 Å². The van der Waals surface area contributed by atoms with Crippen molar-refractivity contribution in [3.05, 3.63) is 42.4 Å². The normalized spacial score (nSPS) is 11.8. The number of aromatic nitrogens is 3. The molecular weight excluding hydrogens is 406 g/mol. The van der Waals surface area contributed by atoms with Crippen molar-refractivity contribution in [1.82, 2.24) is 18.8 Å². The third-order valence-corrected chi connectivity index (χ3v) is 6.51. The molecule has 30 heavy (non-hydrogen) atoms. The van der Waals surface area contributed by atoms with E-state index in [1.807, 2.05) is 11.5 Å². The highest BCUT2D eigenvalue weighted by molar-refractivity contribution is 7.89. The number of amides is 1. The van der Waals surface area contributed by atoms with E-state index in [-0.39, 0.29) is 17.2 Å². The number of aryl methyl sites for hydroxylation is 2. The molecule has 0 saturated heterocycles. The molecule has 2 heterocycles. The van der Waals surface area contributed by atoms with E-state index in [9.17, 15) is 13.2 Å². The Morgan fingerprint density at radius 1 is 1.23 bits per heavy atom. The topological polar surface area (TPSA) is 106 Å². The summed E-state index contributed by atoms with van der Waals surface area (Å²) in [6, 6.07) is 8.31. The van der Waals surface area contributed by atoms with E-state index < -0.39 is 10.0 Å².